The Morgan fingerprint density at radius 2 is 1.94 bits per heavy atom. The maximum absolute atomic E-state index is 13.4. The van der Waals surface area contributed by atoms with E-state index >= 15 is 0 Å². The third-order valence-electron chi connectivity index (χ3n) is 2.11. The van der Waals surface area contributed by atoms with Crippen LogP contribution in [0, 0.1) is 11.6 Å². The SMILES string of the molecule is CC(O)c1cn(-c2c(F)cccc2F)nn1. The molecule has 1 heterocycles. The van der Waals surface area contributed by atoms with Gasteiger partial charge in [-0.2, -0.15) is 0 Å². The Hall–Kier alpha value is -1.82. The molecule has 1 unspecified atom stereocenters. The van der Waals surface area contributed by atoms with Crippen LogP contribution >= 0.6 is 0 Å². The van der Waals surface area contributed by atoms with Gasteiger partial charge in [-0.3, -0.25) is 0 Å². The molecule has 0 aliphatic heterocycles. The lowest BCUT2D eigenvalue weighted by atomic mass is 10.3. The summed E-state index contributed by atoms with van der Waals surface area (Å²) in [6, 6.07) is 3.52. The minimum Gasteiger partial charge on any atom is -0.387 e. The molecule has 6 heteroatoms. The number of hydrogen-bond donors (Lipinski definition) is 1. The van der Waals surface area contributed by atoms with Crippen LogP contribution < -0.4 is 0 Å². The van der Waals surface area contributed by atoms with Crippen molar-refractivity contribution in [2.45, 2.75) is 13.0 Å². The minimum absolute atomic E-state index is 0.252. The van der Waals surface area contributed by atoms with Gasteiger partial charge in [0.15, 0.2) is 11.6 Å². The fourth-order valence-electron chi connectivity index (χ4n) is 1.29. The quantitative estimate of drug-likeness (QED) is 0.844. The highest BCUT2D eigenvalue weighted by Gasteiger charge is 2.14. The van der Waals surface area contributed by atoms with Crippen LogP contribution in [0.3, 0.4) is 0 Å². The van der Waals surface area contributed by atoms with Crippen molar-refractivity contribution >= 4 is 0 Å². The Morgan fingerprint density at radius 1 is 1.31 bits per heavy atom. The highest BCUT2D eigenvalue weighted by Crippen LogP contribution is 2.17. The lowest BCUT2D eigenvalue weighted by molar-refractivity contribution is 0.194. The average molecular weight is 225 g/mol. The molecule has 0 spiro atoms. The molecule has 4 nitrogen and oxygen atoms in total. The zero-order chi connectivity index (χ0) is 11.7. The molecule has 0 aliphatic carbocycles. The first-order valence-corrected chi connectivity index (χ1v) is 4.64. The van der Waals surface area contributed by atoms with E-state index in [2.05, 4.69) is 10.3 Å². The van der Waals surface area contributed by atoms with Crippen LogP contribution in [0.15, 0.2) is 24.4 Å². The largest absolute Gasteiger partial charge is 0.387 e. The number of hydrogen-bond acceptors (Lipinski definition) is 3. The van der Waals surface area contributed by atoms with Crippen LogP contribution in [0.1, 0.15) is 18.7 Å². The van der Waals surface area contributed by atoms with Crippen molar-refractivity contribution in [1.29, 1.82) is 0 Å². The molecule has 0 aliphatic rings. The summed E-state index contributed by atoms with van der Waals surface area (Å²) in [5.41, 5.74) is -0.0513. The summed E-state index contributed by atoms with van der Waals surface area (Å²) in [7, 11) is 0. The zero-order valence-electron chi connectivity index (χ0n) is 8.43. The predicted octanol–water partition coefficient (Wildman–Crippen LogP) is 1.60. The zero-order valence-corrected chi connectivity index (χ0v) is 8.43. The highest BCUT2D eigenvalue weighted by molar-refractivity contribution is 5.34. The summed E-state index contributed by atoms with van der Waals surface area (Å²) in [5.74, 6) is -1.47. The fourth-order valence-corrected chi connectivity index (χ4v) is 1.29. The van der Waals surface area contributed by atoms with Gasteiger partial charge in [-0.05, 0) is 19.1 Å². The first-order chi connectivity index (χ1) is 7.59. The topological polar surface area (TPSA) is 50.9 Å². The molecule has 16 heavy (non-hydrogen) atoms. The molecular weight excluding hydrogens is 216 g/mol. The maximum Gasteiger partial charge on any atom is 0.151 e. The summed E-state index contributed by atoms with van der Waals surface area (Å²) in [4.78, 5) is 0. The molecule has 84 valence electrons. The lowest BCUT2D eigenvalue weighted by Crippen LogP contribution is -2.02. The molecular formula is C10H9F2N3O. The van der Waals surface area contributed by atoms with E-state index in [1.54, 1.807) is 0 Å². The molecule has 1 aromatic carbocycles. The number of aliphatic hydroxyl groups excluding tert-OH is 1. The van der Waals surface area contributed by atoms with Crippen molar-refractivity contribution < 1.29 is 13.9 Å². The molecule has 1 N–H and O–H groups in total. The van der Waals surface area contributed by atoms with Gasteiger partial charge in [0.2, 0.25) is 0 Å². The third-order valence-corrected chi connectivity index (χ3v) is 2.11. The number of benzene rings is 1. The molecule has 0 saturated heterocycles. The predicted molar refractivity (Wildman–Crippen MR) is 51.9 cm³/mol. The molecule has 0 saturated carbocycles. The van der Waals surface area contributed by atoms with Gasteiger partial charge in [0.05, 0.1) is 12.3 Å². The second-order valence-corrected chi connectivity index (χ2v) is 3.33. The molecule has 2 aromatic rings. The average Bonchev–Trinajstić information content (AvgIpc) is 2.66. The number of para-hydroxylation sites is 1. The van der Waals surface area contributed by atoms with Crippen molar-refractivity contribution in [3.63, 3.8) is 0 Å². The van der Waals surface area contributed by atoms with Crippen LogP contribution in [-0.2, 0) is 0 Å². The number of aromatic nitrogens is 3. The summed E-state index contributed by atoms with van der Waals surface area (Å²) >= 11 is 0. The second-order valence-electron chi connectivity index (χ2n) is 3.33. The van der Waals surface area contributed by atoms with E-state index in [9.17, 15) is 13.9 Å². The summed E-state index contributed by atoms with van der Waals surface area (Å²) in [6.45, 7) is 1.49. The molecule has 0 fully saturated rings. The van der Waals surface area contributed by atoms with E-state index in [4.69, 9.17) is 0 Å². The number of halogens is 2. The Kier molecular flexibility index (Phi) is 2.66. The van der Waals surface area contributed by atoms with E-state index in [0.717, 1.165) is 16.8 Å². The minimum atomic E-state index is -0.830. The van der Waals surface area contributed by atoms with Gasteiger partial charge in [0.1, 0.15) is 11.4 Å². The lowest BCUT2D eigenvalue weighted by Gasteiger charge is -2.02. The van der Waals surface area contributed by atoms with Gasteiger partial charge in [-0.15, -0.1) is 5.10 Å². The molecule has 0 radical (unpaired) electrons. The number of rotatable bonds is 2. The van der Waals surface area contributed by atoms with Crippen LogP contribution in [0.4, 0.5) is 8.78 Å². The molecule has 1 aromatic heterocycles. The second kappa shape index (κ2) is 3.97. The van der Waals surface area contributed by atoms with Gasteiger partial charge in [-0.25, -0.2) is 13.5 Å². The standard InChI is InChI=1S/C10H9F2N3O/c1-6(16)9-5-15(14-13-9)10-7(11)3-2-4-8(10)12/h2-6,16H,1H3. The molecule has 0 amide bonds. The third kappa shape index (κ3) is 1.79. The van der Waals surface area contributed by atoms with Gasteiger partial charge in [-0.1, -0.05) is 11.3 Å². The van der Waals surface area contributed by atoms with Crippen LogP contribution in [0.2, 0.25) is 0 Å². The van der Waals surface area contributed by atoms with Crippen molar-refractivity contribution in [1.82, 2.24) is 15.0 Å². The van der Waals surface area contributed by atoms with Crippen molar-refractivity contribution in [3.05, 3.63) is 41.7 Å². The molecule has 1 atom stereocenters. The van der Waals surface area contributed by atoms with Crippen LogP contribution in [-0.4, -0.2) is 20.1 Å². The summed E-state index contributed by atoms with van der Waals surface area (Å²) < 4.78 is 27.7. The number of aliphatic hydroxyl groups is 1. The Bertz CT molecular complexity index is 490. The van der Waals surface area contributed by atoms with E-state index in [1.807, 2.05) is 0 Å². The first kappa shape index (κ1) is 10.7. The van der Waals surface area contributed by atoms with Gasteiger partial charge in [0, 0.05) is 0 Å². The normalized spacial score (nSPS) is 12.8. The Morgan fingerprint density at radius 3 is 2.44 bits per heavy atom. The summed E-state index contributed by atoms with van der Waals surface area (Å²) in [5, 5.41) is 16.4. The van der Waals surface area contributed by atoms with Crippen LogP contribution in [0.5, 0.6) is 0 Å². The number of nitrogens with zero attached hydrogens (tertiary/aromatic N) is 3. The highest BCUT2D eigenvalue weighted by atomic mass is 19.1. The van der Waals surface area contributed by atoms with E-state index in [-0.39, 0.29) is 11.4 Å². The Labute approximate surface area is 90.1 Å². The van der Waals surface area contributed by atoms with Gasteiger partial charge in [0.25, 0.3) is 0 Å². The smallest absolute Gasteiger partial charge is 0.151 e. The molecule has 0 bridgehead atoms. The molecule has 2 rings (SSSR count). The Balaban J connectivity index is 2.50. The van der Waals surface area contributed by atoms with E-state index in [0.29, 0.717) is 0 Å². The van der Waals surface area contributed by atoms with Crippen molar-refractivity contribution in [3.8, 4) is 5.69 Å². The summed E-state index contributed by atoms with van der Waals surface area (Å²) in [6.07, 6.45) is 0.454. The van der Waals surface area contributed by atoms with Gasteiger partial charge >= 0.3 is 0 Å². The van der Waals surface area contributed by atoms with Crippen LogP contribution in [0.25, 0.3) is 5.69 Å². The maximum atomic E-state index is 13.4. The monoisotopic (exact) mass is 225 g/mol. The van der Waals surface area contributed by atoms with Crippen molar-refractivity contribution in [2.24, 2.45) is 0 Å². The van der Waals surface area contributed by atoms with E-state index in [1.165, 1.54) is 19.2 Å². The van der Waals surface area contributed by atoms with Gasteiger partial charge < -0.3 is 5.11 Å². The van der Waals surface area contributed by atoms with E-state index < -0.39 is 17.7 Å². The fraction of sp³-hybridized carbons (Fsp3) is 0.200. The van der Waals surface area contributed by atoms with Crippen molar-refractivity contribution in [2.75, 3.05) is 0 Å². The first-order valence-electron chi connectivity index (χ1n) is 4.64.